The minimum Gasteiger partial charge on any atom is -0.461 e. The van der Waals surface area contributed by atoms with Gasteiger partial charge in [-0.2, -0.15) is 0 Å². The van der Waals surface area contributed by atoms with E-state index in [-0.39, 0.29) is 38.1 Å². The van der Waals surface area contributed by atoms with Crippen LogP contribution < -0.4 is 4.90 Å². The van der Waals surface area contributed by atoms with Gasteiger partial charge in [-0.15, -0.1) is 0 Å². The summed E-state index contributed by atoms with van der Waals surface area (Å²) in [6.45, 7) is 0.459. The molecule has 5 atom stereocenters. The largest absolute Gasteiger partial charge is 0.461 e. The van der Waals surface area contributed by atoms with Crippen molar-refractivity contribution in [1.29, 1.82) is 0 Å². The van der Waals surface area contributed by atoms with Crippen molar-refractivity contribution in [2.24, 2.45) is 11.8 Å². The third-order valence-electron chi connectivity index (χ3n) is 6.61. The second-order valence-electron chi connectivity index (χ2n) is 8.34. The van der Waals surface area contributed by atoms with Gasteiger partial charge in [-0.3, -0.25) is 14.4 Å². The van der Waals surface area contributed by atoms with E-state index in [1.807, 2.05) is 6.08 Å². The van der Waals surface area contributed by atoms with Gasteiger partial charge in [0, 0.05) is 30.4 Å². The molecule has 0 aliphatic carbocycles. The Morgan fingerprint density at radius 2 is 1.91 bits per heavy atom. The Morgan fingerprint density at radius 3 is 2.66 bits per heavy atom. The first-order chi connectivity index (χ1) is 15.5. The van der Waals surface area contributed by atoms with Crippen molar-refractivity contribution in [2.75, 3.05) is 31.2 Å². The molecule has 0 saturated carbocycles. The van der Waals surface area contributed by atoms with Gasteiger partial charge < -0.3 is 24.4 Å². The summed E-state index contributed by atoms with van der Waals surface area (Å²) in [7, 11) is 0. The molecule has 4 aliphatic heterocycles. The molecule has 1 aromatic carbocycles. The maximum atomic E-state index is 13.9. The van der Waals surface area contributed by atoms with E-state index >= 15 is 0 Å². The summed E-state index contributed by atoms with van der Waals surface area (Å²) in [5.41, 5.74) is -0.647. The average molecular weight is 459 g/mol. The van der Waals surface area contributed by atoms with Crippen molar-refractivity contribution in [1.82, 2.24) is 4.90 Å². The molecule has 4 heterocycles. The van der Waals surface area contributed by atoms with Gasteiger partial charge in [-0.05, 0) is 36.8 Å². The molecule has 0 radical (unpaired) electrons. The minimum atomic E-state index is -1.29. The predicted molar refractivity (Wildman–Crippen MR) is 115 cm³/mol. The number of cyclic esters (lactones) is 1. The summed E-state index contributed by atoms with van der Waals surface area (Å²) >= 11 is 6.01. The summed E-state index contributed by atoms with van der Waals surface area (Å²) in [4.78, 5) is 43.3. The lowest BCUT2D eigenvalue weighted by molar-refractivity contribution is -0.152. The highest BCUT2D eigenvalue weighted by Gasteiger charge is 2.71. The Kier molecular flexibility index (Phi) is 5.31. The molecule has 5 rings (SSSR count). The number of aliphatic hydroxyl groups excluding tert-OH is 1. The van der Waals surface area contributed by atoms with Crippen LogP contribution in [0.2, 0.25) is 5.02 Å². The van der Waals surface area contributed by atoms with E-state index in [2.05, 4.69) is 0 Å². The molecular formula is C23H23ClN2O6. The molecule has 1 unspecified atom stereocenters. The molecule has 1 N–H and O–H groups in total. The van der Waals surface area contributed by atoms with Crippen LogP contribution in [0.3, 0.4) is 0 Å². The second kappa shape index (κ2) is 8.03. The van der Waals surface area contributed by atoms with E-state index in [1.165, 1.54) is 4.90 Å². The molecule has 2 fully saturated rings. The van der Waals surface area contributed by atoms with Gasteiger partial charge in [0.15, 0.2) is 0 Å². The maximum Gasteiger partial charge on any atom is 0.313 e. The van der Waals surface area contributed by atoms with E-state index in [1.54, 1.807) is 47.4 Å². The maximum absolute atomic E-state index is 13.9. The molecule has 2 saturated heterocycles. The van der Waals surface area contributed by atoms with Crippen LogP contribution in [-0.2, 0) is 23.9 Å². The first-order valence-corrected chi connectivity index (χ1v) is 11.0. The molecule has 1 spiro atoms. The Bertz CT molecular complexity index is 1010. The van der Waals surface area contributed by atoms with E-state index < -0.39 is 35.6 Å². The van der Waals surface area contributed by atoms with Crippen LogP contribution in [0.25, 0.3) is 0 Å². The third kappa shape index (κ3) is 3.09. The highest BCUT2D eigenvalue weighted by molar-refractivity contribution is 6.30. The number of anilines is 1. The number of hydrogen-bond acceptors (Lipinski definition) is 6. The zero-order valence-electron chi connectivity index (χ0n) is 17.2. The van der Waals surface area contributed by atoms with Crippen molar-refractivity contribution < 1.29 is 29.0 Å². The number of esters is 1. The lowest BCUT2D eigenvalue weighted by Gasteiger charge is -2.35. The molecule has 9 heteroatoms. The topological polar surface area (TPSA) is 96.4 Å². The Labute approximate surface area is 190 Å². The first kappa shape index (κ1) is 21.2. The van der Waals surface area contributed by atoms with Gasteiger partial charge in [0.25, 0.3) is 5.91 Å². The highest BCUT2D eigenvalue weighted by Crippen LogP contribution is 2.53. The lowest BCUT2D eigenvalue weighted by atomic mass is 9.78. The van der Waals surface area contributed by atoms with E-state index in [9.17, 15) is 19.5 Å². The van der Waals surface area contributed by atoms with Gasteiger partial charge in [-0.1, -0.05) is 29.8 Å². The van der Waals surface area contributed by atoms with Crippen LogP contribution in [0.5, 0.6) is 0 Å². The molecule has 168 valence electrons. The van der Waals surface area contributed by atoms with Gasteiger partial charge in [0.1, 0.15) is 24.2 Å². The Balaban J connectivity index is 1.60. The molecule has 2 amide bonds. The number of hydrogen-bond donors (Lipinski definition) is 1. The first-order valence-electron chi connectivity index (χ1n) is 10.6. The highest BCUT2D eigenvalue weighted by atomic mass is 35.5. The number of fused-ring (bicyclic) bond motifs is 2. The van der Waals surface area contributed by atoms with E-state index in [0.717, 1.165) is 0 Å². The average Bonchev–Trinajstić information content (AvgIpc) is 3.07. The van der Waals surface area contributed by atoms with Gasteiger partial charge in [-0.25, -0.2) is 0 Å². The van der Waals surface area contributed by atoms with Crippen molar-refractivity contribution in [2.45, 2.75) is 24.2 Å². The summed E-state index contributed by atoms with van der Waals surface area (Å²) in [6, 6.07) is 5.93. The smallest absolute Gasteiger partial charge is 0.313 e. The number of rotatable bonds is 4. The number of carbonyl (C=O) groups excluding carboxylic acids is 3. The molecule has 4 aliphatic rings. The fourth-order valence-electron chi connectivity index (χ4n) is 5.30. The second-order valence-corrected chi connectivity index (χ2v) is 8.77. The standard InChI is InChI=1S/C23H23ClN2O6/c24-14-5-7-15(8-6-14)25-10-2-9-23-18(17-16(32-23)4-1-13-31-22(17)30)20(28)26(11-3-12-27)19(23)21(25)29/h1-2,4-9,16-19,27H,3,10-13H2/t16-,17+,18-,19?,23-/m0/s1. The zero-order chi connectivity index (χ0) is 22.5. The molecular weight excluding hydrogens is 436 g/mol. The summed E-state index contributed by atoms with van der Waals surface area (Å²) in [5, 5.41) is 9.93. The van der Waals surface area contributed by atoms with Crippen molar-refractivity contribution in [3.63, 3.8) is 0 Å². The summed E-state index contributed by atoms with van der Waals surface area (Å²) < 4.78 is 11.7. The number of nitrogens with zero attached hydrogens (tertiary/aromatic N) is 2. The fraction of sp³-hybridized carbons (Fsp3) is 0.435. The number of carbonyl (C=O) groups is 3. The van der Waals surface area contributed by atoms with Crippen LogP contribution in [0.4, 0.5) is 5.69 Å². The van der Waals surface area contributed by atoms with Crippen molar-refractivity contribution >= 4 is 35.1 Å². The number of halogens is 1. The number of benzene rings is 1. The van der Waals surface area contributed by atoms with Gasteiger partial charge >= 0.3 is 5.97 Å². The Hall–Kier alpha value is -2.68. The molecule has 8 nitrogen and oxygen atoms in total. The van der Waals surface area contributed by atoms with Crippen molar-refractivity contribution in [3.8, 4) is 0 Å². The fourth-order valence-corrected chi connectivity index (χ4v) is 5.43. The summed E-state index contributed by atoms with van der Waals surface area (Å²) in [6.07, 6.45) is 6.67. The SMILES string of the molecule is O=C1OCC=C[C@@H]2O[C@]34C=CCN(c5ccc(Cl)cc5)C(=O)C3N(CCCO)C(=O)[C@@H]4[C@H]12. The van der Waals surface area contributed by atoms with Crippen LogP contribution in [-0.4, -0.2) is 71.8 Å². The number of ether oxygens (including phenoxy) is 2. The summed E-state index contributed by atoms with van der Waals surface area (Å²) in [5.74, 6) is -2.85. The third-order valence-corrected chi connectivity index (χ3v) is 6.86. The van der Waals surface area contributed by atoms with Crippen LogP contribution in [0.1, 0.15) is 6.42 Å². The molecule has 32 heavy (non-hydrogen) atoms. The predicted octanol–water partition coefficient (Wildman–Crippen LogP) is 1.32. The molecule has 0 aromatic heterocycles. The lowest BCUT2D eigenvalue weighted by Crippen LogP contribution is -2.55. The monoisotopic (exact) mass is 458 g/mol. The minimum absolute atomic E-state index is 0.125. The number of likely N-dealkylation sites (tertiary alicyclic amines) is 1. The number of aliphatic hydroxyl groups is 1. The van der Waals surface area contributed by atoms with Gasteiger partial charge in [0.05, 0.1) is 12.0 Å². The van der Waals surface area contributed by atoms with Crippen LogP contribution in [0, 0.1) is 11.8 Å². The van der Waals surface area contributed by atoms with E-state index in [4.69, 9.17) is 21.1 Å². The number of amides is 2. The molecule has 0 bridgehead atoms. The quantitative estimate of drug-likeness (QED) is 0.540. The zero-order valence-corrected chi connectivity index (χ0v) is 18.0. The van der Waals surface area contributed by atoms with Crippen molar-refractivity contribution in [3.05, 3.63) is 53.6 Å². The van der Waals surface area contributed by atoms with Crippen LogP contribution in [0.15, 0.2) is 48.6 Å². The van der Waals surface area contributed by atoms with E-state index in [0.29, 0.717) is 17.1 Å². The van der Waals surface area contributed by atoms with Gasteiger partial charge in [0.2, 0.25) is 5.91 Å². The molecule has 1 aromatic rings. The normalized spacial score (nSPS) is 33.5. The van der Waals surface area contributed by atoms with Crippen LogP contribution >= 0.6 is 11.6 Å². The Morgan fingerprint density at radius 1 is 1.12 bits per heavy atom.